The van der Waals surface area contributed by atoms with Gasteiger partial charge in [-0.25, -0.2) is 4.39 Å². The number of rotatable bonds is 4. The number of aryl methyl sites for hydroxylation is 1. The summed E-state index contributed by atoms with van der Waals surface area (Å²) in [5, 5.41) is 0. The van der Waals surface area contributed by atoms with Gasteiger partial charge in [-0.2, -0.15) is 0 Å². The molecule has 2 aromatic carbocycles. The van der Waals surface area contributed by atoms with Crippen molar-refractivity contribution in [2.45, 2.75) is 17.7 Å². The molecule has 0 saturated carbocycles. The Labute approximate surface area is 128 Å². The van der Waals surface area contributed by atoms with Crippen LogP contribution in [0.3, 0.4) is 0 Å². The van der Waals surface area contributed by atoms with Crippen LogP contribution in [0, 0.1) is 5.82 Å². The smallest absolute Gasteiger partial charge is 0.227 e. The van der Waals surface area contributed by atoms with Gasteiger partial charge in [-0.05, 0) is 36.2 Å². The first-order valence-electron chi connectivity index (χ1n) is 7.01. The van der Waals surface area contributed by atoms with Gasteiger partial charge in [0, 0.05) is 29.3 Å². The third kappa shape index (κ3) is 3.27. The predicted octanol–water partition coefficient (Wildman–Crippen LogP) is 3.90. The van der Waals surface area contributed by atoms with Crippen molar-refractivity contribution in [3.8, 4) is 0 Å². The van der Waals surface area contributed by atoms with E-state index in [4.69, 9.17) is 0 Å². The van der Waals surface area contributed by atoms with Crippen LogP contribution in [0.1, 0.15) is 12.0 Å². The highest BCUT2D eigenvalue weighted by molar-refractivity contribution is 7.99. The number of hydrogen-bond acceptors (Lipinski definition) is 2. The van der Waals surface area contributed by atoms with Crippen molar-refractivity contribution >= 4 is 23.4 Å². The minimum Gasteiger partial charge on any atom is -0.311 e. The molecule has 1 heterocycles. The maximum atomic E-state index is 13.4. The summed E-state index contributed by atoms with van der Waals surface area (Å²) in [4.78, 5) is 15.0. The average Bonchev–Trinajstić information content (AvgIpc) is 2.50. The van der Waals surface area contributed by atoms with Gasteiger partial charge in [0.2, 0.25) is 5.91 Å². The van der Waals surface area contributed by atoms with Crippen LogP contribution in [-0.2, 0) is 11.2 Å². The molecular weight excluding hydrogens is 285 g/mol. The Morgan fingerprint density at radius 3 is 2.71 bits per heavy atom. The first kappa shape index (κ1) is 14.1. The summed E-state index contributed by atoms with van der Waals surface area (Å²) in [6, 6.07) is 14.8. The zero-order valence-electron chi connectivity index (χ0n) is 11.6. The average molecular weight is 301 g/mol. The molecule has 0 aromatic heterocycles. The minimum atomic E-state index is -0.288. The lowest BCUT2D eigenvalue weighted by atomic mass is 10.0. The quantitative estimate of drug-likeness (QED) is 0.798. The number of halogens is 1. The molecule has 0 atom stereocenters. The summed E-state index contributed by atoms with van der Waals surface area (Å²) in [5.74, 6) is 0.594. The first-order valence-corrected chi connectivity index (χ1v) is 7.99. The van der Waals surface area contributed by atoms with Crippen molar-refractivity contribution in [3.63, 3.8) is 0 Å². The fourth-order valence-corrected chi connectivity index (χ4v) is 3.39. The number of anilines is 1. The van der Waals surface area contributed by atoms with E-state index < -0.39 is 0 Å². The number of nitrogens with zero attached hydrogens (tertiary/aromatic N) is 1. The highest BCUT2D eigenvalue weighted by Gasteiger charge is 2.24. The van der Waals surface area contributed by atoms with Crippen molar-refractivity contribution in [2.75, 3.05) is 17.2 Å². The van der Waals surface area contributed by atoms with Crippen molar-refractivity contribution in [1.82, 2.24) is 0 Å². The van der Waals surface area contributed by atoms with E-state index in [0.717, 1.165) is 17.0 Å². The maximum absolute atomic E-state index is 13.4. The van der Waals surface area contributed by atoms with Crippen LogP contribution in [-0.4, -0.2) is 18.2 Å². The summed E-state index contributed by atoms with van der Waals surface area (Å²) >= 11 is 1.71. The molecule has 0 aliphatic carbocycles. The number of carbonyl (C=O) groups is 1. The molecular formula is C17H16FNOS. The molecule has 108 valence electrons. The first-order chi connectivity index (χ1) is 10.2. The normalized spacial score (nSPS) is 14.1. The molecule has 0 bridgehead atoms. The van der Waals surface area contributed by atoms with Gasteiger partial charge in [0.15, 0.2) is 0 Å². The molecule has 0 radical (unpaired) electrons. The van der Waals surface area contributed by atoms with Crippen LogP contribution in [0.5, 0.6) is 0 Å². The predicted molar refractivity (Wildman–Crippen MR) is 84.2 cm³/mol. The van der Waals surface area contributed by atoms with E-state index in [9.17, 15) is 9.18 Å². The van der Waals surface area contributed by atoms with Crippen LogP contribution in [0.2, 0.25) is 0 Å². The number of fused-ring (bicyclic) bond motifs is 1. The van der Waals surface area contributed by atoms with Gasteiger partial charge in [0.1, 0.15) is 5.82 Å². The van der Waals surface area contributed by atoms with E-state index >= 15 is 0 Å². The largest absolute Gasteiger partial charge is 0.311 e. The van der Waals surface area contributed by atoms with E-state index in [1.807, 2.05) is 18.2 Å². The molecule has 0 saturated heterocycles. The van der Waals surface area contributed by atoms with Crippen LogP contribution in [0.4, 0.5) is 10.1 Å². The summed E-state index contributed by atoms with van der Waals surface area (Å²) < 4.78 is 13.4. The molecule has 1 aliphatic heterocycles. The Morgan fingerprint density at radius 1 is 1.10 bits per heavy atom. The second kappa shape index (κ2) is 6.31. The van der Waals surface area contributed by atoms with Crippen molar-refractivity contribution in [2.24, 2.45) is 0 Å². The van der Waals surface area contributed by atoms with Gasteiger partial charge >= 0.3 is 0 Å². The lowest BCUT2D eigenvalue weighted by Gasteiger charge is -2.29. The topological polar surface area (TPSA) is 20.3 Å². The number of benzene rings is 2. The molecule has 0 unspecified atom stereocenters. The number of amides is 1. The summed E-state index contributed by atoms with van der Waals surface area (Å²) in [6.45, 7) is 0.606. The molecule has 1 aliphatic rings. The second-order valence-electron chi connectivity index (χ2n) is 4.98. The van der Waals surface area contributed by atoms with Crippen molar-refractivity contribution in [1.29, 1.82) is 0 Å². The standard InChI is InChI=1S/C17H16FNOS/c18-14-8-6-13-7-9-17(20)19(16(13)12-14)10-11-21-15-4-2-1-3-5-15/h1-6,8,12H,7,9-11H2. The van der Waals surface area contributed by atoms with Gasteiger partial charge in [-0.15, -0.1) is 11.8 Å². The Kier molecular flexibility index (Phi) is 4.25. The molecule has 2 aromatic rings. The van der Waals surface area contributed by atoms with Gasteiger partial charge in [-0.3, -0.25) is 4.79 Å². The number of hydrogen-bond donors (Lipinski definition) is 0. The van der Waals surface area contributed by atoms with E-state index in [1.54, 1.807) is 22.7 Å². The van der Waals surface area contributed by atoms with E-state index in [-0.39, 0.29) is 11.7 Å². The van der Waals surface area contributed by atoms with Gasteiger partial charge in [0.05, 0.1) is 0 Å². The molecule has 1 amide bonds. The SMILES string of the molecule is O=C1CCc2ccc(F)cc2N1CCSc1ccccc1. The Hall–Kier alpha value is -1.81. The second-order valence-corrected chi connectivity index (χ2v) is 6.15. The van der Waals surface area contributed by atoms with Crippen LogP contribution < -0.4 is 4.90 Å². The molecule has 2 nitrogen and oxygen atoms in total. The van der Waals surface area contributed by atoms with E-state index in [0.29, 0.717) is 19.4 Å². The number of thioether (sulfide) groups is 1. The Balaban J connectivity index is 1.70. The molecule has 4 heteroatoms. The van der Waals surface area contributed by atoms with Crippen molar-refractivity contribution in [3.05, 3.63) is 59.9 Å². The third-order valence-electron chi connectivity index (χ3n) is 3.57. The zero-order valence-corrected chi connectivity index (χ0v) is 12.4. The fraction of sp³-hybridized carbons (Fsp3) is 0.235. The minimum absolute atomic E-state index is 0.0850. The van der Waals surface area contributed by atoms with Gasteiger partial charge in [0.25, 0.3) is 0 Å². The van der Waals surface area contributed by atoms with Gasteiger partial charge < -0.3 is 4.90 Å². The molecule has 3 rings (SSSR count). The number of carbonyl (C=O) groups excluding carboxylic acids is 1. The molecule has 0 spiro atoms. The summed E-state index contributed by atoms with van der Waals surface area (Å²) in [7, 11) is 0. The lowest BCUT2D eigenvalue weighted by molar-refractivity contribution is -0.118. The highest BCUT2D eigenvalue weighted by atomic mass is 32.2. The van der Waals surface area contributed by atoms with E-state index in [2.05, 4.69) is 12.1 Å². The van der Waals surface area contributed by atoms with Crippen LogP contribution >= 0.6 is 11.8 Å². The monoisotopic (exact) mass is 301 g/mol. The molecule has 21 heavy (non-hydrogen) atoms. The third-order valence-corrected chi connectivity index (χ3v) is 4.57. The van der Waals surface area contributed by atoms with E-state index in [1.165, 1.54) is 17.0 Å². The Morgan fingerprint density at radius 2 is 1.90 bits per heavy atom. The van der Waals surface area contributed by atoms with Gasteiger partial charge in [-0.1, -0.05) is 24.3 Å². The molecule has 0 N–H and O–H groups in total. The molecule has 0 fully saturated rings. The van der Waals surface area contributed by atoms with Crippen molar-refractivity contribution < 1.29 is 9.18 Å². The fourth-order valence-electron chi connectivity index (χ4n) is 2.53. The highest BCUT2D eigenvalue weighted by Crippen LogP contribution is 2.29. The zero-order chi connectivity index (χ0) is 14.7. The summed E-state index contributed by atoms with van der Waals surface area (Å²) in [6.07, 6.45) is 1.21. The van der Waals surface area contributed by atoms with Crippen LogP contribution in [0.25, 0.3) is 0 Å². The Bertz CT molecular complexity index is 644. The van der Waals surface area contributed by atoms with Crippen LogP contribution in [0.15, 0.2) is 53.4 Å². The maximum Gasteiger partial charge on any atom is 0.227 e. The lowest BCUT2D eigenvalue weighted by Crippen LogP contribution is -2.36. The summed E-state index contributed by atoms with van der Waals surface area (Å²) in [5.41, 5.74) is 1.79.